The molecule has 14 heavy (non-hydrogen) atoms. The van der Waals surface area contributed by atoms with Crippen molar-refractivity contribution in [2.45, 2.75) is 32.6 Å². The summed E-state index contributed by atoms with van der Waals surface area (Å²) in [6, 6.07) is 0. The Kier molecular flexibility index (Phi) is 5.60. The molecule has 0 heterocycles. The predicted octanol–water partition coefficient (Wildman–Crippen LogP) is 2.16. The van der Waals surface area contributed by atoms with Gasteiger partial charge in [0.05, 0.1) is 0 Å². The number of ether oxygens (including phenoxy) is 1. The minimum atomic E-state index is -3.77. The lowest BCUT2D eigenvalue weighted by molar-refractivity contribution is -0.174. The van der Waals surface area contributed by atoms with Crippen LogP contribution in [0.25, 0.3) is 0 Å². The third-order valence-corrected chi connectivity index (χ3v) is 2.10. The third-order valence-electron chi connectivity index (χ3n) is 2.10. The van der Waals surface area contributed by atoms with E-state index in [0.29, 0.717) is 0 Å². The van der Waals surface area contributed by atoms with Crippen LogP contribution in [0.1, 0.15) is 26.7 Å². The van der Waals surface area contributed by atoms with Gasteiger partial charge in [0.15, 0.2) is 0 Å². The van der Waals surface area contributed by atoms with Gasteiger partial charge in [-0.2, -0.15) is 8.78 Å². The van der Waals surface area contributed by atoms with Crippen molar-refractivity contribution in [2.75, 3.05) is 13.2 Å². The number of hydrogen-bond donors (Lipinski definition) is 1. The molecule has 0 spiro atoms. The number of carboxylic acid groups (broad SMARTS) is 1. The van der Waals surface area contributed by atoms with Crippen molar-refractivity contribution < 1.29 is 23.4 Å². The molecule has 1 N–H and O–H groups in total. The molecule has 0 aromatic heterocycles. The Bertz CT molecular complexity index is 179. The first-order valence-electron chi connectivity index (χ1n) is 4.63. The zero-order valence-corrected chi connectivity index (χ0v) is 8.43. The fourth-order valence-electron chi connectivity index (χ4n) is 0.940. The molecule has 0 aliphatic carbocycles. The maximum atomic E-state index is 12.5. The molecule has 0 radical (unpaired) electrons. The molecule has 0 bridgehead atoms. The molecule has 0 amide bonds. The first-order valence-corrected chi connectivity index (χ1v) is 4.63. The molecule has 3 nitrogen and oxygen atoms in total. The first kappa shape index (κ1) is 13.3. The lowest BCUT2D eigenvalue weighted by Gasteiger charge is -2.15. The van der Waals surface area contributed by atoms with E-state index in [4.69, 9.17) is 5.11 Å². The Hall–Kier alpha value is -0.710. The van der Waals surface area contributed by atoms with Crippen LogP contribution < -0.4 is 0 Å². The van der Waals surface area contributed by atoms with Gasteiger partial charge in [-0.15, -0.1) is 0 Å². The molecule has 0 fully saturated rings. The summed E-state index contributed by atoms with van der Waals surface area (Å²) >= 11 is 0. The van der Waals surface area contributed by atoms with Crippen molar-refractivity contribution >= 4 is 5.97 Å². The average Bonchev–Trinajstić information content (AvgIpc) is 2.12. The maximum Gasteiger partial charge on any atom is 0.377 e. The zero-order chi connectivity index (χ0) is 11.2. The third kappa shape index (κ3) is 4.50. The van der Waals surface area contributed by atoms with Gasteiger partial charge in [0.2, 0.25) is 0 Å². The maximum absolute atomic E-state index is 12.5. The minimum absolute atomic E-state index is 0.190. The second-order valence-electron chi connectivity index (χ2n) is 3.21. The molecule has 0 saturated carbocycles. The van der Waals surface area contributed by atoms with Crippen LogP contribution in [0.2, 0.25) is 0 Å². The normalized spacial score (nSPS) is 12.1. The van der Waals surface area contributed by atoms with E-state index in [1.54, 1.807) is 0 Å². The summed E-state index contributed by atoms with van der Waals surface area (Å²) < 4.78 is 29.6. The number of hydrogen-bond acceptors (Lipinski definition) is 2. The number of halogens is 2. The van der Waals surface area contributed by atoms with Crippen molar-refractivity contribution in [1.29, 1.82) is 0 Å². The summed E-state index contributed by atoms with van der Waals surface area (Å²) in [4.78, 5) is 10.0. The Morgan fingerprint density at radius 2 is 1.93 bits per heavy atom. The number of carbonyl (C=O) groups is 1. The molecule has 5 heteroatoms. The van der Waals surface area contributed by atoms with E-state index in [2.05, 4.69) is 4.74 Å². The topological polar surface area (TPSA) is 46.5 Å². The highest BCUT2D eigenvalue weighted by Gasteiger charge is 2.39. The van der Waals surface area contributed by atoms with Gasteiger partial charge in [0.1, 0.15) is 6.61 Å². The summed E-state index contributed by atoms with van der Waals surface area (Å²) in [5.74, 6) is -5.69. The summed E-state index contributed by atoms with van der Waals surface area (Å²) in [5, 5.41) is 8.09. The van der Waals surface area contributed by atoms with Crippen LogP contribution >= 0.6 is 0 Å². The van der Waals surface area contributed by atoms with Crippen molar-refractivity contribution in [3.8, 4) is 0 Å². The SMILES string of the molecule is CCC(CC)COCC(F)(F)C(=O)O. The molecule has 0 atom stereocenters. The molecule has 84 valence electrons. The number of alkyl halides is 2. The molecular formula is C9H16F2O3. The van der Waals surface area contributed by atoms with Gasteiger partial charge in [-0.1, -0.05) is 26.7 Å². The van der Waals surface area contributed by atoms with E-state index < -0.39 is 18.5 Å². The van der Waals surface area contributed by atoms with Gasteiger partial charge in [-0.25, -0.2) is 4.79 Å². The molecule has 0 rings (SSSR count). The van der Waals surface area contributed by atoms with E-state index in [1.165, 1.54) is 0 Å². The van der Waals surface area contributed by atoms with Crippen LogP contribution in [-0.2, 0) is 9.53 Å². The van der Waals surface area contributed by atoms with Crippen molar-refractivity contribution in [3.63, 3.8) is 0 Å². The standard InChI is InChI=1S/C9H16F2O3/c1-3-7(4-2)5-14-6-9(10,11)8(12)13/h7H,3-6H2,1-2H3,(H,12,13). The first-order chi connectivity index (χ1) is 6.44. The van der Waals surface area contributed by atoms with Crippen LogP contribution in [0, 0.1) is 5.92 Å². The highest BCUT2D eigenvalue weighted by Crippen LogP contribution is 2.15. The average molecular weight is 210 g/mol. The highest BCUT2D eigenvalue weighted by atomic mass is 19.3. The molecule has 0 aromatic rings. The van der Waals surface area contributed by atoms with E-state index in [1.807, 2.05) is 13.8 Å². The van der Waals surface area contributed by atoms with E-state index >= 15 is 0 Å². The van der Waals surface area contributed by atoms with Gasteiger partial charge < -0.3 is 9.84 Å². The van der Waals surface area contributed by atoms with E-state index in [9.17, 15) is 13.6 Å². The second-order valence-corrected chi connectivity index (χ2v) is 3.21. The van der Waals surface area contributed by atoms with Gasteiger partial charge in [-0.3, -0.25) is 0 Å². The summed E-state index contributed by atoms with van der Waals surface area (Å²) in [7, 11) is 0. The zero-order valence-electron chi connectivity index (χ0n) is 8.43. The molecular weight excluding hydrogens is 194 g/mol. The Morgan fingerprint density at radius 1 is 1.43 bits per heavy atom. The summed E-state index contributed by atoms with van der Waals surface area (Å²) in [5.41, 5.74) is 0. The molecule has 0 unspecified atom stereocenters. The van der Waals surface area contributed by atoms with Crippen LogP contribution in [0.4, 0.5) is 8.78 Å². The van der Waals surface area contributed by atoms with Gasteiger partial charge in [0.25, 0.3) is 0 Å². The molecule has 0 saturated heterocycles. The van der Waals surface area contributed by atoms with Gasteiger partial charge in [-0.05, 0) is 5.92 Å². The summed E-state index contributed by atoms with van der Waals surface area (Å²) in [6.07, 6.45) is 1.68. The van der Waals surface area contributed by atoms with Crippen molar-refractivity contribution in [2.24, 2.45) is 5.92 Å². The number of rotatable bonds is 7. The highest BCUT2D eigenvalue weighted by molar-refractivity contribution is 5.75. The van der Waals surface area contributed by atoms with Crippen molar-refractivity contribution in [3.05, 3.63) is 0 Å². The van der Waals surface area contributed by atoms with Crippen LogP contribution in [0.5, 0.6) is 0 Å². The Labute approximate surface area is 82.1 Å². The Balaban J connectivity index is 3.78. The molecule has 0 aromatic carbocycles. The quantitative estimate of drug-likeness (QED) is 0.700. The summed E-state index contributed by atoms with van der Waals surface area (Å²) in [6.45, 7) is 3.02. The molecule has 0 aliphatic rings. The predicted molar refractivity (Wildman–Crippen MR) is 47.5 cm³/mol. The van der Waals surface area contributed by atoms with E-state index in [-0.39, 0.29) is 12.5 Å². The van der Waals surface area contributed by atoms with E-state index in [0.717, 1.165) is 12.8 Å². The lowest BCUT2D eigenvalue weighted by atomic mass is 10.1. The smallest absolute Gasteiger partial charge is 0.377 e. The van der Waals surface area contributed by atoms with Gasteiger partial charge in [0, 0.05) is 6.61 Å². The largest absolute Gasteiger partial charge is 0.477 e. The number of carboxylic acids is 1. The monoisotopic (exact) mass is 210 g/mol. The van der Waals surface area contributed by atoms with Crippen molar-refractivity contribution in [1.82, 2.24) is 0 Å². The fraction of sp³-hybridized carbons (Fsp3) is 0.889. The second kappa shape index (κ2) is 5.90. The fourth-order valence-corrected chi connectivity index (χ4v) is 0.940. The Morgan fingerprint density at radius 3 is 2.29 bits per heavy atom. The van der Waals surface area contributed by atoms with Crippen LogP contribution in [0.3, 0.4) is 0 Å². The molecule has 0 aliphatic heterocycles. The minimum Gasteiger partial charge on any atom is -0.477 e. The lowest BCUT2D eigenvalue weighted by Crippen LogP contribution is -2.34. The van der Waals surface area contributed by atoms with Crippen LogP contribution in [-0.4, -0.2) is 30.2 Å². The van der Waals surface area contributed by atoms with Gasteiger partial charge >= 0.3 is 11.9 Å². The number of aliphatic carboxylic acids is 1. The van der Waals surface area contributed by atoms with Crippen LogP contribution in [0.15, 0.2) is 0 Å².